The van der Waals surface area contributed by atoms with Gasteiger partial charge >= 0.3 is 0 Å². The van der Waals surface area contributed by atoms with Crippen LogP contribution in [0.4, 0.5) is 5.82 Å². The molecule has 0 radical (unpaired) electrons. The van der Waals surface area contributed by atoms with Crippen molar-refractivity contribution in [1.29, 1.82) is 0 Å². The number of aryl methyl sites for hydroxylation is 1. The average molecular weight is 246 g/mol. The quantitative estimate of drug-likeness (QED) is 0.842. The van der Waals surface area contributed by atoms with Crippen LogP contribution in [-0.2, 0) is 0 Å². The van der Waals surface area contributed by atoms with Crippen molar-refractivity contribution >= 4 is 11.5 Å². The smallest absolute Gasteiger partial charge is 0.203 e. The van der Waals surface area contributed by atoms with Gasteiger partial charge in [0.2, 0.25) is 5.65 Å². The van der Waals surface area contributed by atoms with Gasteiger partial charge < -0.3 is 10.2 Å². The molecule has 0 aliphatic carbocycles. The van der Waals surface area contributed by atoms with Gasteiger partial charge in [-0.1, -0.05) is 0 Å². The van der Waals surface area contributed by atoms with Crippen molar-refractivity contribution in [3.8, 4) is 0 Å². The molecule has 1 saturated heterocycles. The van der Waals surface area contributed by atoms with E-state index in [9.17, 15) is 0 Å². The lowest BCUT2D eigenvalue weighted by Gasteiger charge is -2.33. The molecular weight excluding hydrogens is 228 g/mol. The molecule has 6 heteroatoms. The molecule has 0 amide bonds. The minimum absolute atomic E-state index is 0.532. The number of likely N-dealkylation sites (N-methyl/N-ethyl adjacent to an activating group) is 1. The maximum atomic E-state index is 4.49. The summed E-state index contributed by atoms with van der Waals surface area (Å²) in [5, 5.41) is 11.7. The number of aromatic nitrogens is 4. The fourth-order valence-corrected chi connectivity index (χ4v) is 2.56. The zero-order chi connectivity index (χ0) is 12.5. The molecule has 1 aliphatic rings. The average Bonchev–Trinajstić information content (AvgIpc) is 2.81. The fourth-order valence-electron chi connectivity index (χ4n) is 2.56. The van der Waals surface area contributed by atoms with Crippen LogP contribution in [0.2, 0.25) is 0 Å². The fraction of sp³-hybridized carbons (Fsp3) is 0.583. The van der Waals surface area contributed by atoms with Crippen LogP contribution < -0.4 is 10.2 Å². The molecular formula is C12H18N6. The number of nitrogens with zero attached hydrogens (tertiary/aromatic N) is 5. The molecule has 1 fully saturated rings. The standard InChI is InChI=1S/C12H18N6/c1-9-15-16-12-11(14-5-7-18(9)12)17-6-3-4-10(8-17)13-2/h5,7,10,13H,3-4,6,8H2,1-2H3. The van der Waals surface area contributed by atoms with E-state index in [2.05, 4.69) is 25.4 Å². The predicted molar refractivity (Wildman–Crippen MR) is 69.8 cm³/mol. The lowest BCUT2D eigenvalue weighted by Crippen LogP contribution is -2.44. The van der Waals surface area contributed by atoms with E-state index in [0.29, 0.717) is 6.04 Å². The number of nitrogens with one attached hydrogen (secondary N) is 1. The maximum absolute atomic E-state index is 4.49. The molecule has 0 bridgehead atoms. The Morgan fingerprint density at radius 1 is 1.39 bits per heavy atom. The highest BCUT2D eigenvalue weighted by molar-refractivity contribution is 5.64. The molecule has 0 saturated carbocycles. The second-order valence-corrected chi connectivity index (χ2v) is 4.77. The minimum Gasteiger partial charge on any atom is -0.352 e. The number of rotatable bonds is 2. The molecule has 2 aromatic heterocycles. The Morgan fingerprint density at radius 2 is 2.28 bits per heavy atom. The van der Waals surface area contributed by atoms with Crippen molar-refractivity contribution in [3.05, 3.63) is 18.2 Å². The molecule has 1 unspecified atom stereocenters. The van der Waals surface area contributed by atoms with Crippen LogP contribution in [-0.4, -0.2) is 45.8 Å². The van der Waals surface area contributed by atoms with Crippen molar-refractivity contribution in [2.24, 2.45) is 0 Å². The lowest BCUT2D eigenvalue weighted by atomic mass is 10.1. The van der Waals surface area contributed by atoms with Crippen LogP contribution in [0.25, 0.3) is 5.65 Å². The first-order valence-electron chi connectivity index (χ1n) is 6.38. The summed E-state index contributed by atoms with van der Waals surface area (Å²) < 4.78 is 1.99. The van der Waals surface area contributed by atoms with Crippen LogP contribution in [0.5, 0.6) is 0 Å². The zero-order valence-corrected chi connectivity index (χ0v) is 10.8. The molecule has 6 nitrogen and oxygen atoms in total. The van der Waals surface area contributed by atoms with E-state index in [1.54, 1.807) is 0 Å². The molecule has 2 aromatic rings. The second kappa shape index (κ2) is 4.53. The molecule has 1 aliphatic heterocycles. The van der Waals surface area contributed by atoms with E-state index in [1.165, 1.54) is 12.8 Å². The Morgan fingerprint density at radius 3 is 3.11 bits per heavy atom. The van der Waals surface area contributed by atoms with Crippen LogP contribution in [0, 0.1) is 6.92 Å². The molecule has 0 spiro atoms. The van der Waals surface area contributed by atoms with Crippen molar-refractivity contribution in [1.82, 2.24) is 24.9 Å². The van der Waals surface area contributed by atoms with Crippen molar-refractivity contribution < 1.29 is 0 Å². The summed E-state index contributed by atoms with van der Waals surface area (Å²) in [4.78, 5) is 6.79. The second-order valence-electron chi connectivity index (χ2n) is 4.77. The van der Waals surface area contributed by atoms with E-state index in [4.69, 9.17) is 0 Å². The van der Waals surface area contributed by atoms with Gasteiger partial charge in [-0.3, -0.25) is 4.40 Å². The predicted octanol–water partition coefficient (Wildman–Crippen LogP) is 0.621. The summed E-state index contributed by atoms with van der Waals surface area (Å²) in [5.74, 6) is 1.84. The largest absolute Gasteiger partial charge is 0.352 e. The third-order valence-electron chi connectivity index (χ3n) is 3.61. The summed E-state index contributed by atoms with van der Waals surface area (Å²) in [6.07, 6.45) is 6.14. The molecule has 96 valence electrons. The third kappa shape index (κ3) is 1.82. The Labute approximate surface area is 106 Å². The minimum atomic E-state index is 0.532. The highest BCUT2D eigenvalue weighted by Gasteiger charge is 2.22. The number of hydrogen-bond donors (Lipinski definition) is 1. The molecule has 1 N–H and O–H groups in total. The summed E-state index contributed by atoms with van der Waals surface area (Å²) in [5.41, 5.74) is 0.853. The Bertz CT molecular complexity index is 548. The summed E-state index contributed by atoms with van der Waals surface area (Å²) in [6, 6.07) is 0.532. The van der Waals surface area contributed by atoms with E-state index >= 15 is 0 Å². The number of fused-ring (bicyclic) bond motifs is 1. The number of anilines is 1. The van der Waals surface area contributed by atoms with Crippen molar-refractivity contribution in [2.75, 3.05) is 25.0 Å². The normalized spacial score (nSPS) is 20.6. The van der Waals surface area contributed by atoms with Gasteiger partial charge in [-0.05, 0) is 26.8 Å². The van der Waals surface area contributed by atoms with Gasteiger partial charge in [-0.25, -0.2) is 4.98 Å². The van der Waals surface area contributed by atoms with Gasteiger partial charge in [0, 0.05) is 31.5 Å². The van der Waals surface area contributed by atoms with Crippen molar-refractivity contribution in [3.63, 3.8) is 0 Å². The van der Waals surface area contributed by atoms with E-state index in [-0.39, 0.29) is 0 Å². The lowest BCUT2D eigenvalue weighted by molar-refractivity contribution is 0.448. The van der Waals surface area contributed by atoms with E-state index in [0.717, 1.165) is 30.4 Å². The van der Waals surface area contributed by atoms with E-state index < -0.39 is 0 Å². The van der Waals surface area contributed by atoms with Crippen LogP contribution in [0.1, 0.15) is 18.7 Å². The first-order chi connectivity index (χ1) is 8.79. The summed E-state index contributed by atoms with van der Waals surface area (Å²) in [7, 11) is 2.02. The Kier molecular flexibility index (Phi) is 2.87. The Hall–Kier alpha value is -1.69. The van der Waals surface area contributed by atoms with Crippen molar-refractivity contribution in [2.45, 2.75) is 25.8 Å². The SMILES string of the molecule is CNC1CCCN(c2nccn3c(C)nnc23)C1. The van der Waals surface area contributed by atoms with Gasteiger partial charge in [0.1, 0.15) is 5.82 Å². The number of piperidine rings is 1. The molecule has 3 rings (SSSR count). The van der Waals surface area contributed by atoms with E-state index in [1.807, 2.05) is 30.8 Å². The molecule has 18 heavy (non-hydrogen) atoms. The summed E-state index contributed by atoms with van der Waals surface area (Å²) in [6.45, 7) is 3.97. The van der Waals surface area contributed by atoms with Gasteiger partial charge in [-0.2, -0.15) is 0 Å². The van der Waals surface area contributed by atoms with Crippen LogP contribution in [0.3, 0.4) is 0 Å². The monoisotopic (exact) mass is 246 g/mol. The number of hydrogen-bond acceptors (Lipinski definition) is 5. The van der Waals surface area contributed by atoms with Gasteiger partial charge in [0.15, 0.2) is 5.82 Å². The molecule has 1 atom stereocenters. The van der Waals surface area contributed by atoms with Gasteiger partial charge in [-0.15, -0.1) is 10.2 Å². The maximum Gasteiger partial charge on any atom is 0.203 e. The van der Waals surface area contributed by atoms with Gasteiger partial charge in [0.25, 0.3) is 0 Å². The first kappa shape index (κ1) is 11.4. The van der Waals surface area contributed by atoms with Crippen LogP contribution in [0.15, 0.2) is 12.4 Å². The van der Waals surface area contributed by atoms with Crippen LogP contribution >= 0.6 is 0 Å². The summed E-state index contributed by atoms with van der Waals surface area (Å²) >= 11 is 0. The zero-order valence-electron chi connectivity index (χ0n) is 10.8. The highest BCUT2D eigenvalue weighted by Crippen LogP contribution is 2.21. The molecule has 3 heterocycles. The molecule has 0 aromatic carbocycles. The topological polar surface area (TPSA) is 58.4 Å². The highest BCUT2D eigenvalue weighted by atomic mass is 15.3. The third-order valence-corrected chi connectivity index (χ3v) is 3.61. The first-order valence-corrected chi connectivity index (χ1v) is 6.38. The van der Waals surface area contributed by atoms with Gasteiger partial charge in [0.05, 0.1) is 0 Å². The Balaban J connectivity index is 1.98.